The Morgan fingerprint density at radius 1 is 0.781 bits per heavy atom. The quantitative estimate of drug-likeness (QED) is 0.214. The van der Waals surface area contributed by atoms with Gasteiger partial charge >= 0.3 is 23.7 Å². The van der Waals surface area contributed by atoms with E-state index in [0.29, 0.717) is 22.1 Å². The molecule has 4 aromatic rings. The SMILES string of the molecule is O=C(Oc1cc2ccccc2oc1=O)c1ccc(-c2ccccc2OC(F)=C(F)F)cc1. The zero-order valence-corrected chi connectivity index (χ0v) is 16.2. The van der Waals surface area contributed by atoms with E-state index in [4.69, 9.17) is 9.15 Å². The Kier molecular flexibility index (Phi) is 5.76. The third-order valence-electron chi connectivity index (χ3n) is 4.48. The fraction of sp³-hybridized carbons (Fsp3) is 0. The van der Waals surface area contributed by atoms with Gasteiger partial charge in [0.25, 0.3) is 0 Å². The van der Waals surface area contributed by atoms with E-state index in [9.17, 15) is 22.8 Å². The Balaban J connectivity index is 1.57. The van der Waals surface area contributed by atoms with Gasteiger partial charge in [-0.3, -0.25) is 0 Å². The molecule has 0 spiro atoms. The monoisotopic (exact) mass is 438 g/mol. The van der Waals surface area contributed by atoms with Crippen LogP contribution in [-0.2, 0) is 0 Å². The van der Waals surface area contributed by atoms with Crippen molar-refractivity contribution in [2.45, 2.75) is 0 Å². The molecule has 0 saturated carbocycles. The van der Waals surface area contributed by atoms with E-state index in [1.54, 1.807) is 36.4 Å². The zero-order valence-electron chi connectivity index (χ0n) is 16.2. The minimum atomic E-state index is -2.57. The topological polar surface area (TPSA) is 65.7 Å². The first-order valence-electron chi connectivity index (χ1n) is 9.25. The number of carbonyl (C=O) groups excluding carboxylic acids is 1. The number of ether oxygens (including phenoxy) is 2. The minimum absolute atomic E-state index is 0.123. The van der Waals surface area contributed by atoms with Gasteiger partial charge in [-0.2, -0.15) is 13.2 Å². The molecule has 4 rings (SSSR count). The molecule has 1 heterocycles. The average molecular weight is 438 g/mol. The van der Waals surface area contributed by atoms with Crippen LogP contribution in [0, 0.1) is 0 Å². The average Bonchev–Trinajstić information content (AvgIpc) is 2.80. The molecule has 5 nitrogen and oxygen atoms in total. The van der Waals surface area contributed by atoms with Gasteiger partial charge in [0.15, 0.2) is 0 Å². The number of benzene rings is 3. The number of halogens is 3. The highest BCUT2D eigenvalue weighted by molar-refractivity contribution is 5.92. The molecule has 0 fully saturated rings. The number of para-hydroxylation sites is 2. The maximum absolute atomic E-state index is 13.2. The van der Waals surface area contributed by atoms with E-state index in [2.05, 4.69) is 4.74 Å². The summed E-state index contributed by atoms with van der Waals surface area (Å²) in [6, 6.07) is 18.0. The van der Waals surface area contributed by atoms with Gasteiger partial charge in [0, 0.05) is 10.9 Å². The summed E-state index contributed by atoms with van der Waals surface area (Å²) >= 11 is 0. The second kappa shape index (κ2) is 8.81. The van der Waals surface area contributed by atoms with Crippen LogP contribution in [-0.4, -0.2) is 5.97 Å². The van der Waals surface area contributed by atoms with Gasteiger partial charge in [0.1, 0.15) is 11.3 Å². The summed E-state index contributed by atoms with van der Waals surface area (Å²) < 4.78 is 52.9. The van der Waals surface area contributed by atoms with Gasteiger partial charge in [-0.25, -0.2) is 9.59 Å². The normalized spacial score (nSPS) is 10.6. The Morgan fingerprint density at radius 3 is 2.22 bits per heavy atom. The van der Waals surface area contributed by atoms with E-state index < -0.39 is 23.7 Å². The highest BCUT2D eigenvalue weighted by Gasteiger charge is 2.15. The second-order valence-corrected chi connectivity index (χ2v) is 6.54. The molecule has 8 heteroatoms. The number of esters is 1. The lowest BCUT2D eigenvalue weighted by Gasteiger charge is -2.10. The van der Waals surface area contributed by atoms with Gasteiger partial charge in [0.05, 0.1) is 5.56 Å². The largest absolute Gasteiger partial charge is 0.427 e. The predicted molar refractivity (Wildman–Crippen MR) is 110 cm³/mol. The molecule has 0 bridgehead atoms. The van der Waals surface area contributed by atoms with Crippen molar-refractivity contribution < 1.29 is 31.9 Å². The van der Waals surface area contributed by atoms with Crippen LogP contribution in [0.15, 0.2) is 100 Å². The van der Waals surface area contributed by atoms with Gasteiger partial charge < -0.3 is 13.9 Å². The molecule has 0 saturated heterocycles. The molecule has 0 aliphatic heterocycles. The molecule has 0 radical (unpaired) electrons. The number of hydrogen-bond acceptors (Lipinski definition) is 5. The molecule has 0 N–H and O–H groups in total. The first-order chi connectivity index (χ1) is 15.4. The zero-order chi connectivity index (χ0) is 22.7. The van der Waals surface area contributed by atoms with Crippen molar-refractivity contribution in [3.05, 3.63) is 107 Å². The molecule has 0 aliphatic carbocycles. The molecule has 0 aliphatic rings. The third-order valence-corrected chi connectivity index (χ3v) is 4.48. The van der Waals surface area contributed by atoms with E-state index in [0.717, 1.165) is 0 Å². The third kappa shape index (κ3) is 4.39. The molecule has 1 aromatic heterocycles. The van der Waals surface area contributed by atoms with Crippen LogP contribution in [0.1, 0.15) is 10.4 Å². The van der Waals surface area contributed by atoms with E-state index in [1.807, 2.05) is 0 Å². The molecule has 0 unspecified atom stereocenters. The molecule has 0 amide bonds. The van der Waals surface area contributed by atoms with Crippen molar-refractivity contribution in [2.24, 2.45) is 0 Å². The molecular weight excluding hydrogens is 425 g/mol. The van der Waals surface area contributed by atoms with Crippen molar-refractivity contribution >= 4 is 16.9 Å². The minimum Gasteiger partial charge on any atom is -0.427 e. The summed E-state index contributed by atoms with van der Waals surface area (Å²) in [5.41, 5.74) is 0.505. The highest BCUT2D eigenvalue weighted by atomic mass is 19.3. The fourth-order valence-corrected chi connectivity index (χ4v) is 2.99. The van der Waals surface area contributed by atoms with E-state index in [1.165, 1.54) is 42.5 Å². The van der Waals surface area contributed by atoms with Crippen LogP contribution in [0.4, 0.5) is 13.2 Å². The number of carbonyl (C=O) groups is 1. The van der Waals surface area contributed by atoms with Crippen LogP contribution in [0.5, 0.6) is 11.5 Å². The Morgan fingerprint density at radius 2 is 1.47 bits per heavy atom. The second-order valence-electron chi connectivity index (χ2n) is 6.54. The number of hydrogen-bond donors (Lipinski definition) is 0. The van der Waals surface area contributed by atoms with E-state index in [-0.39, 0.29) is 17.1 Å². The summed E-state index contributed by atoms with van der Waals surface area (Å²) in [6.45, 7) is 0. The number of fused-ring (bicyclic) bond motifs is 1. The lowest BCUT2D eigenvalue weighted by Crippen LogP contribution is -2.14. The Bertz CT molecular complexity index is 1390. The maximum Gasteiger partial charge on any atom is 0.379 e. The summed E-state index contributed by atoms with van der Waals surface area (Å²) in [6.07, 6.45) is -2.57. The smallest absolute Gasteiger partial charge is 0.379 e. The Labute approximate surface area is 178 Å². The maximum atomic E-state index is 13.2. The van der Waals surface area contributed by atoms with E-state index >= 15 is 0 Å². The van der Waals surface area contributed by atoms with Crippen LogP contribution < -0.4 is 15.1 Å². The first-order valence-corrected chi connectivity index (χ1v) is 9.25. The Hall–Kier alpha value is -4.33. The molecular formula is C24H13F3O5. The lowest BCUT2D eigenvalue weighted by atomic mass is 10.0. The molecule has 3 aromatic carbocycles. The summed E-state index contributed by atoms with van der Waals surface area (Å²) in [5, 5.41) is 0.591. The summed E-state index contributed by atoms with van der Waals surface area (Å²) in [7, 11) is 0. The first kappa shape index (κ1) is 20.9. The lowest BCUT2D eigenvalue weighted by molar-refractivity contribution is 0.0729. The molecule has 160 valence electrons. The van der Waals surface area contributed by atoms with Crippen molar-refractivity contribution in [1.82, 2.24) is 0 Å². The fourth-order valence-electron chi connectivity index (χ4n) is 2.99. The molecule has 32 heavy (non-hydrogen) atoms. The van der Waals surface area contributed by atoms with Crippen LogP contribution >= 0.6 is 0 Å². The van der Waals surface area contributed by atoms with Crippen LogP contribution in [0.2, 0.25) is 0 Å². The predicted octanol–water partition coefficient (Wildman–Crippen LogP) is 6.09. The summed E-state index contributed by atoms with van der Waals surface area (Å²) in [4.78, 5) is 24.5. The molecule has 0 atom stereocenters. The highest BCUT2D eigenvalue weighted by Crippen LogP contribution is 2.32. The van der Waals surface area contributed by atoms with Crippen molar-refractivity contribution in [2.75, 3.05) is 0 Å². The van der Waals surface area contributed by atoms with Crippen LogP contribution in [0.3, 0.4) is 0 Å². The van der Waals surface area contributed by atoms with Crippen LogP contribution in [0.25, 0.3) is 22.1 Å². The van der Waals surface area contributed by atoms with Gasteiger partial charge in [-0.05, 0) is 35.9 Å². The van der Waals surface area contributed by atoms with Crippen molar-refractivity contribution in [3.63, 3.8) is 0 Å². The number of rotatable bonds is 5. The van der Waals surface area contributed by atoms with Gasteiger partial charge in [-0.15, -0.1) is 0 Å². The van der Waals surface area contributed by atoms with Gasteiger partial charge in [-0.1, -0.05) is 48.5 Å². The van der Waals surface area contributed by atoms with Crippen molar-refractivity contribution in [1.29, 1.82) is 0 Å². The standard InChI is InChI=1S/C24H13F3O5/c25-21(26)22(27)30-19-8-4-2-6-17(19)14-9-11-15(12-10-14)23(28)32-20-13-16-5-1-3-7-18(16)31-24(20)29/h1-13H. The van der Waals surface area contributed by atoms with Crippen molar-refractivity contribution in [3.8, 4) is 22.6 Å². The van der Waals surface area contributed by atoms with Gasteiger partial charge in [0.2, 0.25) is 5.75 Å². The summed E-state index contributed by atoms with van der Waals surface area (Å²) in [5.74, 6) is -1.17.